The third-order valence-corrected chi connectivity index (χ3v) is 4.99. The minimum Gasteiger partial charge on any atom is -0.495 e. The first-order valence-corrected chi connectivity index (χ1v) is 9.62. The van der Waals surface area contributed by atoms with E-state index in [1.54, 1.807) is 24.1 Å². The summed E-state index contributed by atoms with van der Waals surface area (Å²) in [7, 11) is 4.44. The van der Waals surface area contributed by atoms with Crippen LogP contribution < -0.4 is 19.1 Å². The van der Waals surface area contributed by atoms with E-state index in [2.05, 4.69) is 4.90 Å². The van der Waals surface area contributed by atoms with Crippen LogP contribution in [0.4, 0.5) is 5.69 Å². The standard InChI is InChI=1S/C22H26N2O6/c1-27-18-7-5-4-6-17(18)23-10-12-24(13-11-23)21(25)15-30-19-9-8-16(22(26)29-3)14-20(19)28-2/h4-9,14H,10-13,15H2,1-3H3. The van der Waals surface area contributed by atoms with E-state index in [1.165, 1.54) is 20.3 Å². The fourth-order valence-corrected chi connectivity index (χ4v) is 3.35. The molecule has 1 fully saturated rings. The summed E-state index contributed by atoms with van der Waals surface area (Å²) in [6.45, 7) is 2.51. The van der Waals surface area contributed by atoms with Crippen LogP contribution in [0.15, 0.2) is 42.5 Å². The van der Waals surface area contributed by atoms with E-state index < -0.39 is 5.97 Å². The van der Waals surface area contributed by atoms with Crippen LogP contribution in [0.3, 0.4) is 0 Å². The predicted molar refractivity (Wildman–Crippen MR) is 112 cm³/mol. The van der Waals surface area contributed by atoms with Gasteiger partial charge in [0.1, 0.15) is 5.75 Å². The van der Waals surface area contributed by atoms with E-state index in [-0.39, 0.29) is 12.5 Å². The first-order valence-electron chi connectivity index (χ1n) is 9.62. The fraction of sp³-hybridized carbons (Fsp3) is 0.364. The highest BCUT2D eigenvalue weighted by atomic mass is 16.5. The molecule has 1 aliphatic rings. The highest BCUT2D eigenvalue weighted by molar-refractivity contribution is 5.90. The molecule has 0 radical (unpaired) electrons. The third kappa shape index (κ3) is 4.76. The number of anilines is 1. The smallest absolute Gasteiger partial charge is 0.337 e. The molecule has 0 aliphatic carbocycles. The summed E-state index contributed by atoms with van der Waals surface area (Å²) >= 11 is 0. The highest BCUT2D eigenvalue weighted by Gasteiger charge is 2.23. The van der Waals surface area contributed by atoms with Crippen LogP contribution in [0.1, 0.15) is 10.4 Å². The monoisotopic (exact) mass is 414 g/mol. The van der Waals surface area contributed by atoms with Gasteiger partial charge in [-0.2, -0.15) is 0 Å². The number of carbonyl (C=O) groups excluding carboxylic acids is 2. The number of amides is 1. The van der Waals surface area contributed by atoms with Gasteiger partial charge in [0.15, 0.2) is 18.1 Å². The number of hydrogen-bond donors (Lipinski definition) is 0. The Morgan fingerprint density at radius 3 is 2.23 bits per heavy atom. The number of nitrogens with zero attached hydrogens (tertiary/aromatic N) is 2. The van der Waals surface area contributed by atoms with Crippen molar-refractivity contribution in [1.29, 1.82) is 0 Å². The molecule has 1 saturated heterocycles. The van der Waals surface area contributed by atoms with Gasteiger partial charge in [-0.05, 0) is 30.3 Å². The summed E-state index contributed by atoms with van der Waals surface area (Å²) in [5.74, 6) is 1.01. The number of rotatable bonds is 7. The van der Waals surface area contributed by atoms with Crippen molar-refractivity contribution in [1.82, 2.24) is 4.90 Å². The van der Waals surface area contributed by atoms with Gasteiger partial charge in [-0.15, -0.1) is 0 Å². The molecule has 8 heteroatoms. The molecule has 1 heterocycles. The van der Waals surface area contributed by atoms with Crippen LogP contribution in [0.25, 0.3) is 0 Å². The first-order chi connectivity index (χ1) is 14.6. The number of esters is 1. The third-order valence-electron chi connectivity index (χ3n) is 4.99. The second-order valence-electron chi connectivity index (χ2n) is 6.69. The molecule has 0 N–H and O–H groups in total. The van der Waals surface area contributed by atoms with E-state index in [4.69, 9.17) is 18.9 Å². The number of methoxy groups -OCH3 is 3. The van der Waals surface area contributed by atoms with Gasteiger partial charge in [0.2, 0.25) is 0 Å². The van der Waals surface area contributed by atoms with Gasteiger partial charge < -0.3 is 28.7 Å². The minimum absolute atomic E-state index is 0.103. The molecule has 0 saturated carbocycles. The molecule has 0 aromatic heterocycles. The molecule has 0 atom stereocenters. The SMILES string of the molecule is COC(=O)c1ccc(OCC(=O)N2CCN(c3ccccc3OC)CC2)c(OC)c1. The number of benzene rings is 2. The van der Waals surface area contributed by atoms with Gasteiger partial charge >= 0.3 is 5.97 Å². The van der Waals surface area contributed by atoms with Crippen molar-refractivity contribution < 1.29 is 28.5 Å². The molecular formula is C22H26N2O6. The Labute approximate surface area is 175 Å². The molecule has 30 heavy (non-hydrogen) atoms. The van der Waals surface area contributed by atoms with Crippen molar-refractivity contribution >= 4 is 17.6 Å². The minimum atomic E-state index is -0.469. The molecule has 2 aromatic rings. The number of para-hydroxylation sites is 2. The number of piperazine rings is 1. The van der Waals surface area contributed by atoms with Gasteiger partial charge in [0.05, 0.1) is 32.6 Å². The van der Waals surface area contributed by atoms with Crippen LogP contribution >= 0.6 is 0 Å². The van der Waals surface area contributed by atoms with Crippen molar-refractivity contribution in [2.75, 3.05) is 59.0 Å². The van der Waals surface area contributed by atoms with Gasteiger partial charge in [-0.1, -0.05) is 12.1 Å². The zero-order valence-corrected chi connectivity index (χ0v) is 17.4. The van der Waals surface area contributed by atoms with E-state index in [0.717, 1.165) is 11.4 Å². The molecule has 3 rings (SSSR count). The average Bonchev–Trinajstić information content (AvgIpc) is 2.81. The maximum atomic E-state index is 12.6. The van der Waals surface area contributed by atoms with Crippen molar-refractivity contribution in [3.63, 3.8) is 0 Å². The molecule has 1 amide bonds. The normalized spacial score (nSPS) is 13.6. The number of hydrogen-bond acceptors (Lipinski definition) is 7. The summed E-state index contributed by atoms with van der Waals surface area (Å²) in [6.07, 6.45) is 0. The highest BCUT2D eigenvalue weighted by Crippen LogP contribution is 2.29. The second kappa shape index (κ2) is 9.87. The Hall–Kier alpha value is -3.42. The lowest BCUT2D eigenvalue weighted by Crippen LogP contribution is -2.50. The molecule has 0 bridgehead atoms. The first kappa shape index (κ1) is 21.3. The lowest BCUT2D eigenvalue weighted by atomic mass is 10.2. The summed E-state index contributed by atoms with van der Waals surface area (Å²) in [4.78, 5) is 28.2. The molecule has 8 nitrogen and oxygen atoms in total. The lowest BCUT2D eigenvalue weighted by molar-refractivity contribution is -0.133. The fourth-order valence-electron chi connectivity index (χ4n) is 3.35. The van der Waals surface area contributed by atoms with Crippen molar-refractivity contribution in [2.45, 2.75) is 0 Å². The predicted octanol–water partition coefficient (Wildman–Crippen LogP) is 2.22. The van der Waals surface area contributed by atoms with E-state index >= 15 is 0 Å². The molecule has 0 spiro atoms. The molecule has 160 valence electrons. The largest absolute Gasteiger partial charge is 0.495 e. The Kier molecular flexibility index (Phi) is 7.00. The lowest BCUT2D eigenvalue weighted by Gasteiger charge is -2.36. The Morgan fingerprint density at radius 1 is 0.867 bits per heavy atom. The van der Waals surface area contributed by atoms with Crippen LogP contribution in [-0.2, 0) is 9.53 Å². The summed E-state index contributed by atoms with van der Waals surface area (Å²) in [5, 5.41) is 0. The summed E-state index contributed by atoms with van der Waals surface area (Å²) in [5.41, 5.74) is 1.37. The van der Waals surface area contributed by atoms with Gasteiger partial charge in [0, 0.05) is 26.2 Å². The summed E-state index contributed by atoms with van der Waals surface area (Å²) < 4.78 is 21.1. The van der Waals surface area contributed by atoms with Crippen LogP contribution in [0.5, 0.6) is 17.2 Å². The topological polar surface area (TPSA) is 77.5 Å². The van der Waals surface area contributed by atoms with Crippen molar-refractivity contribution in [3.8, 4) is 17.2 Å². The molecule has 1 aliphatic heterocycles. The molecule has 2 aromatic carbocycles. The van der Waals surface area contributed by atoms with Gasteiger partial charge in [-0.25, -0.2) is 4.79 Å². The van der Waals surface area contributed by atoms with Gasteiger partial charge in [-0.3, -0.25) is 4.79 Å². The Balaban J connectivity index is 1.56. The van der Waals surface area contributed by atoms with Crippen LogP contribution in [-0.4, -0.2) is 70.9 Å². The molecule has 0 unspecified atom stereocenters. The zero-order chi connectivity index (χ0) is 21.5. The zero-order valence-electron chi connectivity index (χ0n) is 17.4. The Morgan fingerprint density at radius 2 is 1.57 bits per heavy atom. The number of carbonyl (C=O) groups is 2. The van der Waals surface area contributed by atoms with E-state index in [1.807, 2.05) is 24.3 Å². The second-order valence-corrected chi connectivity index (χ2v) is 6.69. The molecular weight excluding hydrogens is 388 g/mol. The average molecular weight is 414 g/mol. The quantitative estimate of drug-likeness (QED) is 0.643. The van der Waals surface area contributed by atoms with Gasteiger partial charge in [0.25, 0.3) is 5.91 Å². The summed E-state index contributed by atoms with van der Waals surface area (Å²) in [6, 6.07) is 12.5. The van der Waals surface area contributed by atoms with Crippen molar-refractivity contribution in [3.05, 3.63) is 48.0 Å². The van der Waals surface area contributed by atoms with E-state index in [9.17, 15) is 9.59 Å². The number of ether oxygens (including phenoxy) is 4. The maximum absolute atomic E-state index is 12.6. The maximum Gasteiger partial charge on any atom is 0.337 e. The van der Waals surface area contributed by atoms with Crippen LogP contribution in [0, 0.1) is 0 Å². The Bertz CT molecular complexity index is 893. The van der Waals surface area contributed by atoms with Crippen LogP contribution in [0.2, 0.25) is 0 Å². The van der Waals surface area contributed by atoms with Crippen molar-refractivity contribution in [2.24, 2.45) is 0 Å². The van der Waals surface area contributed by atoms with E-state index in [0.29, 0.717) is 43.2 Å².